The second kappa shape index (κ2) is 9.50. The number of hydrogen-bond donors (Lipinski definition) is 0. The molecule has 32 heavy (non-hydrogen) atoms. The smallest absolute Gasteiger partial charge is 0.237 e. The van der Waals surface area contributed by atoms with Crippen LogP contribution in [0.3, 0.4) is 0 Å². The van der Waals surface area contributed by atoms with Crippen molar-refractivity contribution in [3.05, 3.63) is 93.4 Å². The summed E-state index contributed by atoms with van der Waals surface area (Å²) in [7, 11) is 1.59. The van der Waals surface area contributed by atoms with Crippen molar-refractivity contribution in [3.8, 4) is 45.8 Å². The first-order valence-electron chi connectivity index (χ1n) is 9.47. The molecule has 0 radical (unpaired) electrons. The molecule has 0 fully saturated rings. The molecular formula is C25H15Cl3N2O2. The quantitative estimate of drug-likeness (QED) is 0.289. The van der Waals surface area contributed by atoms with E-state index in [2.05, 4.69) is 6.07 Å². The Bertz CT molecular complexity index is 1320. The van der Waals surface area contributed by atoms with Crippen LogP contribution in [0.1, 0.15) is 5.56 Å². The van der Waals surface area contributed by atoms with E-state index in [9.17, 15) is 5.26 Å². The highest BCUT2D eigenvalue weighted by molar-refractivity contribution is 6.36. The predicted molar refractivity (Wildman–Crippen MR) is 128 cm³/mol. The predicted octanol–water partition coefficient (Wildman–Crippen LogP) is 8.05. The van der Waals surface area contributed by atoms with Crippen molar-refractivity contribution >= 4 is 34.8 Å². The Balaban J connectivity index is 1.89. The molecule has 3 aromatic carbocycles. The van der Waals surface area contributed by atoms with Crippen LogP contribution < -0.4 is 9.47 Å². The standard InChI is InChI=1S/C25H15Cl3N2O2/c1-31-19-7-9-20(10-8-19)32-25-16(14-29)12-22(15-2-4-17(26)5-3-15)24(30-25)21-11-6-18(27)13-23(21)28/h2-13H,1H3. The number of ether oxygens (including phenoxy) is 2. The van der Waals surface area contributed by atoms with Crippen molar-refractivity contribution in [2.75, 3.05) is 7.11 Å². The monoisotopic (exact) mass is 480 g/mol. The van der Waals surface area contributed by atoms with E-state index in [1.165, 1.54) is 0 Å². The van der Waals surface area contributed by atoms with Crippen molar-refractivity contribution in [1.82, 2.24) is 4.98 Å². The van der Waals surface area contributed by atoms with Gasteiger partial charge in [-0.1, -0.05) is 46.9 Å². The number of nitriles is 1. The van der Waals surface area contributed by atoms with E-state index in [0.717, 1.165) is 5.56 Å². The Morgan fingerprint density at radius 2 is 1.44 bits per heavy atom. The molecule has 0 aliphatic carbocycles. The van der Waals surface area contributed by atoms with E-state index in [4.69, 9.17) is 49.3 Å². The van der Waals surface area contributed by atoms with Gasteiger partial charge in [0.25, 0.3) is 0 Å². The van der Waals surface area contributed by atoms with Crippen molar-refractivity contribution < 1.29 is 9.47 Å². The summed E-state index contributed by atoms with van der Waals surface area (Å²) in [5.41, 5.74) is 3.03. The maximum Gasteiger partial charge on any atom is 0.237 e. The van der Waals surface area contributed by atoms with Crippen LogP contribution in [0, 0.1) is 11.3 Å². The first-order chi connectivity index (χ1) is 15.5. The normalized spacial score (nSPS) is 10.5. The first kappa shape index (κ1) is 22.0. The highest BCUT2D eigenvalue weighted by Crippen LogP contribution is 2.39. The Hall–Kier alpha value is -3.23. The number of pyridine rings is 1. The summed E-state index contributed by atoms with van der Waals surface area (Å²) < 4.78 is 11.1. The zero-order valence-electron chi connectivity index (χ0n) is 16.8. The molecule has 0 amide bonds. The van der Waals surface area contributed by atoms with E-state index in [1.54, 1.807) is 67.8 Å². The lowest BCUT2D eigenvalue weighted by atomic mass is 9.97. The molecule has 0 unspecified atom stereocenters. The maximum atomic E-state index is 9.79. The molecule has 4 aromatic rings. The summed E-state index contributed by atoms with van der Waals surface area (Å²) in [5, 5.41) is 11.3. The van der Waals surface area contributed by atoms with E-state index in [0.29, 0.717) is 43.4 Å². The number of halogens is 3. The molecular weight excluding hydrogens is 467 g/mol. The van der Waals surface area contributed by atoms with Gasteiger partial charge in [-0.2, -0.15) is 5.26 Å². The van der Waals surface area contributed by atoms with Crippen molar-refractivity contribution in [2.24, 2.45) is 0 Å². The average Bonchev–Trinajstić information content (AvgIpc) is 2.80. The number of methoxy groups -OCH3 is 1. The fourth-order valence-electron chi connectivity index (χ4n) is 3.15. The molecule has 0 aliphatic heterocycles. The molecule has 0 atom stereocenters. The van der Waals surface area contributed by atoms with Gasteiger partial charge in [0.1, 0.15) is 23.1 Å². The molecule has 0 bridgehead atoms. The largest absolute Gasteiger partial charge is 0.497 e. The van der Waals surface area contributed by atoms with Crippen LogP contribution in [0.4, 0.5) is 0 Å². The third-order valence-electron chi connectivity index (χ3n) is 4.72. The molecule has 0 saturated carbocycles. The van der Waals surface area contributed by atoms with Gasteiger partial charge in [-0.15, -0.1) is 0 Å². The Morgan fingerprint density at radius 3 is 2.06 bits per heavy atom. The number of rotatable bonds is 5. The Morgan fingerprint density at radius 1 is 0.781 bits per heavy atom. The van der Waals surface area contributed by atoms with Gasteiger partial charge in [0.15, 0.2) is 0 Å². The molecule has 0 aliphatic rings. The van der Waals surface area contributed by atoms with E-state index in [-0.39, 0.29) is 11.4 Å². The number of hydrogen-bond acceptors (Lipinski definition) is 4. The topological polar surface area (TPSA) is 55.1 Å². The summed E-state index contributed by atoms with van der Waals surface area (Å²) >= 11 is 18.7. The van der Waals surface area contributed by atoms with Crippen LogP contribution in [0.15, 0.2) is 72.8 Å². The minimum Gasteiger partial charge on any atom is -0.497 e. The minimum absolute atomic E-state index is 0.163. The zero-order valence-corrected chi connectivity index (χ0v) is 19.0. The highest BCUT2D eigenvalue weighted by atomic mass is 35.5. The second-order valence-electron chi connectivity index (χ2n) is 6.76. The van der Waals surface area contributed by atoms with Crippen LogP contribution in [-0.4, -0.2) is 12.1 Å². The lowest BCUT2D eigenvalue weighted by Gasteiger charge is -2.15. The SMILES string of the molecule is COc1ccc(Oc2nc(-c3ccc(Cl)cc3Cl)c(-c3ccc(Cl)cc3)cc2C#N)cc1. The Kier molecular flexibility index (Phi) is 6.53. The summed E-state index contributed by atoms with van der Waals surface area (Å²) in [6.07, 6.45) is 0. The van der Waals surface area contributed by atoms with Crippen LogP contribution in [0.2, 0.25) is 15.1 Å². The average molecular weight is 482 g/mol. The summed E-state index contributed by atoms with van der Waals surface area (Å²) in [5.74, 6) is 1.37. The number of nitrogens with zero attached hydrogens (tertiary/aromatic N) is 2. The van der Waals surface area contributed by atoms with Crippen molar-refractivity contribution in [2.45, 2.75) is 0 Å². The van der Waals surface area contributed by atoms with Crippen molar-refractivity contribution in [3.63, 3.8) is 0 Å². The minimum atomic E-state index is 0.163. The van der Waals surface area contributed by atoms with Gasteiger partial charge in [-0.25, -0.2) is 4.98 Å². The van der Waals surface area contributed by atoms with Gasteiger partial charge in [0, 0.05) is 21.2 Å². The van der Waals surface area contributed by atoms with Gasteiger partial charge in [-0.3, -0.25) is 0 Å². The van der Waals surface area contributed by atoms with Gasteiger partial charge >= 0.3 is 0 Å². The van der Waals surface area contributed by atoms with Crippen molar-refractivity contribution in [1.29, 1.82) is 5.26 Å². The van der Waals surface area contributed by atoms with E-state index >= 15 is 0 Å². The van der Waals surface area contributed by atoms with Crippen LogP contribution in [0.25, 0.3) is 22.4 Å². The van der Waals surface area contributed by atoms with Gasteiger partial charge in [-0.05, 0) is 66.2 Å². The molecule has 4 rings (SSSR count). The third kappa shape index (κ3) is 4.66. The van der Waals surface area contributed by atoms with Gasteiger partial charge < -0.3 is 9.47 Å². The van der Waals surface area contributed by atoms with Crippen LogP contribution in [0.5, 0.6) is 17.4 Å². The molecule has 0 spiro atoms. The molecule has 0 saturated heterocycles. The third-order valence-corrected chi connectivity index (χ3v) is 5.52. The zero-order chi connectivity index (χ0) is 22.7. The van der Waals surface area contributed by atoms with Crippen LogP contribution in [-0.2, 0) is 0 Å². The number of aromatic nitrogens is 1. The van der Waals surface area contributed by atoms with Gasteiger partial charge in [0.05, 0.1) is 17.8 Å². The molecule has 1 aromatic heterocycles. The molecule has 0 N–H and O–H groups in total. The lowest BCUT2D eigenvalue weighted by molar-refractivity contribution is 0.412. The molecule has 4 nitrogen and oxygen atoms in total. The van der Waals surface area contributed by atoms with E-state index < -0.39 is 0 Å². The molecule has 1 heterocycles. The lowest BCUT2D eigenvalue weighted by Crippen LogP contribution is -1.98. The second-order valence-corrected chi connectivity index (χ2v) is 8.04. The number of benzene rings is 3. The first-order valence-corrected chi connectivity index (χ1v) is 10.6. The Labute approximate surface area is 200 Å². The maximum absolute atomic E-state index is 9.79. The van der Waals surface area contributed by atoms with E-state index in [1.807, 2.05) is 12.1 Å². The summed E-state index contributed by atoms with van der Waals surface area (Å²) in [4.78, 5) is 4.70. The summed E-state index contributed by atoms with van der Waals surface area (Å²) in [6.45, 7) is 0. The van der Waals surface area contributed by atoms with Gasteiger partial charge in [0.2, 0.25) is 5.88 Å². The molecule has 7 heteroatoms. The van der Waals surface area contributed by atoms with Crippen LogP contribution >= 0.6 is 34.8 Å². The fraction of sp³-hybridized carbons (Fsp3) is 0.0400. The summed E-state index contributed by atoms with van der Waals surface area (Å²) in [6, 6.07) is 23.3. The highest BCUT2D eigenvalue weighted by Gasteiger charge is 2.19. The molecule has 158 valence electrons. The fourth-order valence-corrected chi connectivity index (χ4v) is 3.77.